The number of rotatable bonds is 0. The summed E-state index contributed by atoms with van der Waals surface area (Å²) in [5.74, 6) is -5.08. The molecule has 1 fully saturated rings. The lowest BCUT2D eigenvalue weighted by Crippen LogP contribution is -2.41. The van der Waals surface area contributed by atoms with Crippen LogP contribution in [0.4, 0.5) is 26.3 Å². The zero-order valence-electron chi connectivity index (χ0n) is 4.83. The molecular weight excluding hydrogens is 178 g/mol. The van der Waals surface area contributed by atoms with E-state index in [1.807, 2.05) is 0 Å². The van der Waals surface area contributed by atoms with Crippen molar-refractivity contribution in [1.82, 2.24) is 0 Å². The lowest BCUT2D eigenvalue weighted by Gasteiger charge is -2.15. The molecule has 0 radical (unpaired) electrons. The van der Waals surface area contributed by atoms with E-state index < -0.39 is 24.6 Å². The first kappa shape index (κ1) is 8.63. The van der Waals surface area contributed by atoms with Gasteiger partial charge in [0.05, 0.1) is 0 Å². The Morgan fingerprint density at radius 2 is 1.45 bits per heavy atom. The second kappa shape index (κ2) is 2.02. The molecule has 0 aromatic carbocycles. The van der Waals surface area contributed by atoms with Crippen LogP contribution in [-0.4, -0.2) is 24.6 Å². The predicted octanol–water partition coefficient (Wildman–Crippen LogP) is 1.88. The molecule has 1 aliphatic rings. The van der Waals surface area contributed by atoms with Crippen molar-refractivity contribution in [1.29, 1.82) is 0 Å². The molecule has 1 nitrogen and oxygen atoms in total. The quantitative estimate of drug-likeness (QED) is 0.517. The molecule has 2 unspecified atom stereocenters. The van der Waals surface area contributed by atoms with Crippen LogP contribution in [0, 0.1) is 0 Å². The predicted molar refractivity (Wildman–Crippen MR) is 20.8 cm³/mol. The lowest BCUT2D eigenvalue weighted by molar-refractivity contribution is -0.319. The Kier molecular flexibility index (Phi) is 1.59. The van der Waals surface area contributed by atoms with Gasteiger partial charge in [0.1, 0.15) is 0 Å². The first-order valence-corrected chi connectivity index (χ1v) is 2.50. The molecule has 0 amide bonds. The molecule has 11 heavy (non-hydrogen) atoms. The Morgan fingerprint density at radius 1 is 1.00 bits per heavy atom. The third-order valence-electron chi connectivity index (χ3n) is 1.23. The topological polar surface area (TPSA) is 9.23 Å². The number of hydrogen-bond donors (Lipinski definition) is 0. The number of alkyl halides is 6. The molecule has 1 rings (SSSR count). The van der Waals surface area contributed by atoms with E-state index in [9.17, 15) is 26.3 Å². The van der Waals surface area contributed by atoms with Gasteiger partial charge >= 0.3 is 12.0 Å². The van der Waals surface area contributed by atoms with Gasteiger partial charge in [0, 0.05) is 0 Å². The third-order valence-corrected chi connectivity index (χ3v) is 1.23. The van der Waals surface area contributed by atoms with E-state index >= 15 is 0 Å². The van der Waals surface area contributed by atoms with Crippen LogP contribution in [0.1, 0.15) is 0 Å². The normalized spacial score (nSPS) is 40.9. The molecule has 66 valence electrons. The second-order valence-corrected chi connectivity index (χ2v) is 2.01. The van der Waals surface area contributed by atoms with Gasteiger partial charge in [-0.25, -0.2) is 8.78 Å². The van der Waals surface area contributed by atoms with E-state index in [0.717, 1.165) is 0 Å². The van der Waals surface area contributed by atoms with E-state index in [1.165, 1.54) is 0 Å². The molecule has 1 aliphatic heterocycles. The average Bonchev–Trinajstić information content (AvgIpc) is 1.93. The summed E-state index contributed by atoms with van der Waals surface area (Å²) < 4.78 is 73.7. The molecule has 0 bridgehead atoms. The molecule has 1 heterocycles. The molecule has 0 spiro atoms. The molecule has 0 N–H and O–H groups in total. The number of halogens is 6. The number of hydrogen-bond acceptors (Lipinski definition) is 1. The van der Waals surface area contributed by atoms with Crippen LogP contribution < -0.4 is 0 Å². The van der Waals surface area contributed by atoms with Gasteiger partial charge in [-0.1, -0.05) is 0 Å². The van der Waals surface area contributed by atoms with Crippen molar-refractivity contribution in [2.24, 2.45) is 0 Å². The van der Waals surface area contributed by atoms with Gasteiger partial charge in [0.15, 0.2) is 0 Å². The Morgan fingerprint density at radius 3 is 1.55 bits per heavy atom. The minimum atomic E-state index is -5.08. The molecule has 0 saturated carbocycles. The zero-order valence-corrected chi connectivity index (χ0v) is 4.83. The van der Waals surface area contributed by atoms with Crippen LogP contribution in [0.25, 0.3) is 0 Å². The van der Waals surface area contributed by atoms with Gasteiger partial charge in [-0.05, 0) is 0 Å². The summed E-state index contributed by atoms with van der Waals surface area (Å²) in [4.78, 5) is 0. The Hall–Kier alpha value is -0.460. The van der Waals surface area contributed by atoms with Gasteiger partial charge in [-0.2, -0.15) is 17.6 Å². The van der Waals surface area contributed by atoms with Gasteiger partial charge in [-0.3, -0.25) is 4.74 Å². The highest BCUT2D eigenvalue weighted by molar-refractivity contribution is 4.93. The maximum absolute atomic E-state index is 11.9. The summed E-state index contributed by atoms with van der Waals surface area (Å²) in [5, 5.41) is 0. The van der Waals surface area contributed by atoms with Crippen molar-refractivity contribution < 1.29 is 31.1 Å². The summed E-state index contributed by atoms with van der Waals surface area (Å²) in [6, 6.07) is 0. The van der Waals surface area contributed by atoms with E-state index in [1.54, 1.807) is 0 Å². The molecule has 7 heteroatoms. The van der Waals surface area contributed by atoms with Crippen LogP contribution in [0.15, 0.2) is 0 Å². The molecule has 0 aliphatic carbocycles. The van der Waals surface area contributed by atoms with Crippen molar-refractivity contribution in [2.45, 2.75) is 24.6 Å². The van der Waals surface area contributed by atoms with Gasteiger partial charge in [0.2, 0.25) is 12.5 Å². The van der Waals surface area contributed by atoms with Gasteiger partial charge < -0.3 is 0 Å². The lowest BCUT2D eigenvalue weighted by atomic mass is 10.2. The fraction of sp³-hybridized carbons (Fsp3) is 1.00. The van der Waals surface area contributed by atoms with Crippen LogP contribution in [0.3, 0.4) is 0 Å². The fourth-order valence-corrected chi connectivity index (χ4v) is 0.605. The minimum Gasteiger partial charge on any atom is -0.277 e. The molecule has 2 atom stereocenters. The Bertz CT molecular complexity index is 168. The SMILES string of the molecule is FC1OC(F)(F)C(F)(F)C1F. The van der Waals surface area contributed by atoms with Crippen LogP contribution >= 0.6 is 0 Å². The van der Waals surface area contributed by atoms with Crippen LogP contribution in [0.2, 0.25) is 0 Å². The fourth-order valence-electron chi connectivity index (χ4n) is 0.605. The van der Waals surface area contributed by atoms with E-state index in [4.69, 9.17) is 0 Å². The van der Waals surface area contributed by atoms with Crippen molar-refractivity contribution in [3.63, 3.8) is 0 Å². The largest absolute Gasteiger partial charge is 0.425 e. The van der Waals surface area contributed by atoms with Gasteiger partial charge in [-0.15, -0.1) is 0 Å². The molecule has 0 aromatic heterocycles. The Balaban J connectivity index is 2.92. The summed E-state index contributed by atoms with van der Waals surface area (Å²) in [6.07, 6.45) is -11.9. The van der Waals surface area contributed by atoms with E-state index in [2.05, 4.69) is 4.74 Å². The Labute approximate surface area is 56.9 Å². The molecular formula is C4H2F6O. The molecule has 0 aromatic rings. The van der Waals surface area contributed by atoms with Crippen molar-refractivity contribution in [3.8, 4) is 0 Å². The smallest absolute Gasteiger partial charge is 0.277 e. The first-order chi connectivity index (χ1) is 4.79. The third kappa shape index (κ3) is 0.979. The summed E-state index contributed by atoms with van der Waals surface area (Å²) in [7, 11) is 0. The summed E-state index contributed by atoms with van der Waals surface area (Å²) in [6.45, 7) is 0. The second-order valence-electron chi connectivity index (χ2n) is 2.01. The highest BCUT2D eigenvalue weighted by Gasteiger charge is 2.73. The minimum absolute atomic E-state index is 2.75. The maximum Gasteiger partial charge on any atom is 0.425 e. The van der Waals surface area contributed by atoms with E-state index in [-0.39, 0.29) is 0 Å². The van der Waals surface area contributed by atoms with Gasteiger partial charge in [0.25, 0.3) is 0 Å². The van der Waals surface area contributed by atoms with Crippen LogP contribution in [-0.2, 0) is 4.74 Å². The maximum atomic E-state index is 11.9. The standard InChI is InChI=1S/C4H2F6O/c5-1-2(6)11-4(9,10)3(1,7)8/h1-2H. The zero-order chi connectivity index (χ0) is 8.86. The monoisotopic (exact) mass is 180 g/mol. The summed E-state index contributed by atoms with van der Waals surface area (Å²) >= 11 is 0. The van der Waals surface area contributed by atoms with Crippen molar-refractivity contribution in [2.75, 3.05) is 0 Å². The summed E-state index contributed by atoms with van der Waals surface area (Å²) in [5.41, 5.74) is 0. The highest BCUT2D eigenvalue weighted by atomic mass is 19.3. The average molecular weight is 180 g/mol. The molecule has 1 saturated heterocycles. The highest BCUT2D eigenvalue weighted by Crippen LogP contribution is 2.48. The van der Waals surface area contributed by atoms with E-state index in [0.29, 0.717) is 0 Å². The first-order valence-electron chi connectivity index (χ1n) is 2.50. The number of ether oxygens (including phenoxy) is 1. The van der Waals surface area contributed by atoms with Crippen LogP contribution in [0.5, 0.6) is 0 Å². The van der Waals surface area contributed by atoms with Crippen molar-refractivity contribution >= 4 is 0 Å². The van der Waals surface area contributed by atoms with Crippen molar-refractivity contribution in [3.05, 3.63) is 0 Å².